The third-order valence-electron chi connectivity index (χ3n) is 5.06. The van der Waals surface area contributed by atoms with Crippen molar-refractivity contribution in [3.8, 4) is 0 Å². The van der Waals surface area contributed by atoms with E-state index in [9.17, 15) is 21.6 Å². The van der Waals surface area contributed by atoms with Gasteiger partial charge in [-0.15, -0.1) is 0 Å². The van der Waals surface area contributed by atoms with Crippen LogP contribution in [0.15, 0.2) is 24.4 Å². The van der Waals surface area contributed by atoms with Gasteiger partial charge in [0, 0.05) is 19.3 Å². The number of carboxylic acid groups (broad SMARTS) is 1. The highest BCUT2D eigenvalue weighted by Gasteiger charge is 2.43. The maximum absolute atomic E-state index is 11.6. The second-order valence-corrected chi connectivity index (χ2v) is 9.42. The average Bonchev–Trinajstić information content (AvgIpc) is 3.04. The molecule has 12 heteroatoms. The van der Waals surface area contributed by atoms with Gasteiger partial charge >= 0.3 is 12.1 Å². The van der Waals surface area contributed by atoms with E-state index in [1.807, 2.05) is 18.2 Å². The number of aliphatic carboxylic acids is 1. The summed E-state index contributed by atoms with van der Waals surface area (Å²) in [6.45, 7) is 2.97. The van der Waals surface area contributed by atoms with Crippen molar-refractivity contribution in [3.63, 3.8) is 0 Å². The molecule has 1 spiro atoms. The zero-order chi connectivity index (χ0) is 22.4. The van der Waals surface area contributed by atoms with Crippen molar-refractivity contribution in [2.45, 2.75) is 38.1 Å². The summed E-state index contributed by atoms with van der Waals surface area (Å²) in [7, 11) is -3.07. The Labute approximate surface area is 173 Å². The van der Waals surface area contributed by atoms with E-state index in [-0.39, 0.29) is 11.5 Å². The number of hydrogen-bond acceptors (Lipinski definition) is 6. The van der Waals surface area contributed by atoms with E-state index in [4.69, 9.17) is 19.4 Å². The predicted molar refractivity (Wildman–Crippen MR) is 100 cm³/mol. The van der Waals surface area contributed by atoms with Crippen molar-refractivity contribution >= 4 is 16.0 Å². The first-order chi connectivity index (χ1) is 13.9. The van der Waals surface area contributed by atoms with Crippen molar-refractivity contribution in [2.24, 2.45) is 5.41 Å². The van der Waals surface area contributed by atoms with Crippen LogP contribution in [0, 0.1) is 5.41 Å². The lowest BCUT2D eigenvalue weighted by Crippen LogP contribution is -2.43. The van der Waals surface area contributed by atoms with Gasteiger partial charge in [-0.3, -0.25) is 4.98 Å². The Hall–Kier alpha value is -1.76. The number of piperidine rings is 1. The SMILES string of the molecule is CS(=O)(=O)N1CCC2(CC1)COC(COCc1ccccn1)C2.O=C(O)C(F)(F)F. The second-order valence-electron chi connectivity index (χ2n) is 7.44. The van der Waals surface area contributed by atoms with Crippen molar-refractivity contribution in [1.29, 1.82) is 0 Å². The summed E-state index contributed by atoms with van der Waals surface area (Å²) in [5, 5.41) is 7.12. The second kappa shape index (κ2) is 10.0. The van der Waals surface area contributed by atoms with Crippen LogP contribution >= 0.6 is 0 Å². The largest absolute Gasteiger partial charge is 0.490 e. The van der Waals surface area contributed by atoms with Crippen LogP contribution in [0.2, 0.25) is 0 Å². The fourth-order valence-corrected chi connectivity index (χ4v) is 4.27. The van der Waals surface area contributed by atoms with Gasteiger partial charge in [-0.2, -0.15) is 13.2 Å². The number of carbonyl (C=O) groups is 1. The highest BCUT2D eigenvalue weighted by molar-refractivity contribution is 7.88. The maximum Gasteiger partial charge on any atom is 0.490 e. The zero-order valence-corrected chi connectivity index (χ0v) is 17.3. The molecule has 1 unspecified atom stereocenters. The molecular formula is C18H25F3N2O6S. The minimum Gasteiger partial charge on any atom is -0.475 e. The van der Waals surface area contributed by atoms with Crippen molar-refractivity contribution in [2.75, 3.05) is 32.6 Å². The van der Waals surface area contributed by atoms with E-state index in [1.165, 1.54) is 6.26 Å². The van der Waals surface area contributed by atoms with E-state index < -0.39 is 22.2 Å². The Morgan fingerprint density at radius 2 is 2.00 bits per heavy atom. The molecule has 1 atom stereocenters. The molecule has 2 saturated heterocycles. The van der Waals surface area contributed by atoms with Crippen LogP contribution in [0.25, 0.3) is 0 Å². The quantitative estimate of drug-likeness (QED) is 0.726. The molecule has 0 amide bonds. The number of alkyl halides is 3. The number of halogens is 3. The predicted octanol–water partition coefficient (Wildman–Crippen LogP) is 2.06. The summed E-state index contributed by atoms with van der Waals surface area (Å²) in [5.74, 6) is -2.76. The molecule has 30 heavy (non-hydrogen) atoms. The molecule has 8 nitrogen and oxygen atoms in total. The first kappa shape index (κ1) is 24.5. The Kier molecular flexibility index (Phi) is 8.20. The first-order valence-corrected chi connectivity index (χ1v) is 11.1. The molecule has 170 valence electrons. The molecule has 0 saturated carbocycles. The highest BCUT2D eigenvalue weighted by Crippen LogP contribution is 2.42. The maximum atomic E-state index is 11.6. The first-order valence-electron chi connectivity index (χ1n) is 9.26. The number of pyridine rings is 1. The summed E-state index contributed by atoms with van der Waals surface area (Å²) in [4.78, 5) is 13.1. The van der Waals surface area contributed by atoms with Gasteiger partial charge in [0.05, 0.1) is 37.9 Å². The molecule has 2 aliphatic rings. The summed E-state index contributed by atoms with van der Waals surface area (Å²) in [6, 6.07) is 5.77. The number of nitrogens with zero attached hydrogens (tertiary/aromatic N) is 2. The molecule has 0 aromatic carbocycles. The number of sulfonamides is 1. The lowest BCUT2D eigenvalue weighted by molar-refractivity contribution is -0.192. The minimum atomic E-state index is -5.08. The Balaban J connectivity index is 0.000000396. The summed E-state index contributed by atoms with van der Waals surface area (Å²) in [6.07, 6.45) is 0.753. The van der Waals surface area contributed by atoms with E-state index in [0.29, 0.717) is 32.9 Å². The molecule has 3 rings (SSSR count). The molecule has 0 aliphatic carbocycles. The van der Waals surface area contributed by atoms with Gasteiger partial charge in [-0.1, -0.05) is 6.07 Å². The van der Waals surface area contributed by atoms with E-state index in [2.05, 4.69) is 4.98 Å². The number of rotatable bonds is 5. The highest BCUT2D eigenvalue weighted by atomic mass is 32.2. The van der Waals surface area contributed by atoms with Gasteiger partial charge in [0.2, 0.25) is 10.0 Å². The normalized spacial score (nSPS) is 21.8. The van der Waals surface area contributed by atoms with Crippen LogP contribution < -0.4 is 0 Å². The van der Waals surface area contributed by atoms with Gasteiger partial charge < -0.3 is 14.6 Å². The van der Waals surface area contributed by atoms with E-state index >= 15 is 0 Å². The molecule has 1 N–H and O–H groups in total. The number of aromatic nitrogens is 1. The minimum absolute atomic E-state index is 0.100. The van der Waals surface area contributed by atoms with Crippen LogP contribution in [0.4, 0.5) is 13.2 Å². The molecule has 2 fully saturated rings. The average molecular weight is 454 g/mol. The molecule has 0 radical (unpaired) electrons. The Bertz CT molecular complexity index is 796. The number of hydrogen-bond donors (Lipinski definition) is 1. The van der Waals surface area contributed by atoms with Gasteiger partial charge in [0.15, 0.2) is 0 Å². The summed E-state index contributed by atoms with van der Waals surface area (Å²) < 4.78 is 68.1. The fourth-order valence-electron chi connectivity index (χ4n) is 3.42. The van der Waals surface area contributed by atoms with Crippen LogP contribution in [-0.2, 0) is 30.9 Å². The lowest BCUT2D eigenvalue weighted by atomic mass is 9.77. The summed E-state index contributed by atoms with van der Waals surface area (Å²) in [5.41, 5.74) is 1.04. The Morgan fingerprint density at radius 1 is 1.37 bits per heavy atom. The zero-order valence-electron chi connectivity index (χ0n) is 16.5. The standard InChI is InChI=1S/C16H24N2O4S.C2HF3O2/c1-23(19,20)18-8-5-16(6-9-18)10-15(22-13-16)12-21-11-14-4-2-3-7-17-14;3-2(4,5)1(6)7/h2-4,7,15H,5-6,8-13H2,1H3;(H,6,7). The van der Waals surface area contributed by atoms with E-state index in [1.54, 1.807) is 10.5 Å². The topological polar surface area (TPSA) is 106 Å². The van der Waals surface area contributed by atoms with Crippen LogP contribution in [0.5, 0.6) is 0 Å². The van der Waals surface area contributed by atoms with Crippen LogP contribution in [-0.4, -0.2) is 73.6 Å². The van der Waals surface area contributed by atoms with Gasteiger partial charge in [-0.25, -0.2) is 17.5 Å². The van der Waals surface area contributed by atoms with Crippen molar-refractivity contribution in [1.82, 2.24) is 9.29 Å². The van der Waals surface area contributed by atoms with Crippen LogP contribution in [0.1, 0.15) is 25.0 Å². The molecular weight excluding hydrogens is 429 g/mol. The molecule has 1 aromatic rings. The lowest BCUT2D eigenvalue weighted by Gasteiger charge is -2.37. The third-order valence-corrected chi connectivity index (χ3v) is 6.36. The smallest absolute Gasteiger partial charge is 0.475 e. The van der Waals surface area contributed by atoms with Crippen molar-refractivity contribution in [3.05, 3.63) is 30.1 Å². The third kappa shape index (κ3) is 7.49. The van der Waals surface area contributed by atoms with Gasteiger partial charge in [0.1, 0.15) is 0 Å². The summed E-state index contributed by atoms with van der Waals surface area (Å²) >= 11 is 0. The van der Waals surface area contributed by atoms with Crippen LogP contribution in [0.3, 0.4) is 0 Å². The molecule has 3 heterocycles. The number of carboxylic acids is 1. The van der Waals surface area contributed by atoms with Gasteiger partial charge in [-0.05, 0) is 36.8 Å². The number of ether oxygens (including phenoxy) is 2. The molecule has 0 bridgehead atoms. The molecule has 2 aliphatic heterocycles. The monoisotopic (exact) mass is 454 g/mol. The van der Waals surface area contributed by atoms with E-state index in [0.717, 1.165) is 25.0 Å². The Morgan fingerprint density at radius 3 is 2.50 bits per heavy atom. The fraction of sp³-hybridized carbons (Fsp3) is 0.667. The van der Waals surface area contributed by atoms with Crippen molar-refractivity contribution < 1.29 is 41.0 Å². The van der Waals surface area contributed by atoms with Gasteiger partial charge in [0.25, 0.3) is 0 Å². The molecule has 1 aromatic heterocycles.